The van der Waals surface area contributed by atoms with Crippen LogP contribution in [0.25, 0.3) is 11.1 Å². The van der Waals surface area contributed by atoms with Crippen LogP contribution in [-0.2, 0) is 6.42 Å². The number of hydrogen-bond donors (Lipinski definition) is 1. The molecule has 160 valence electrons. The molecular formula is C28H30O3. The van der Waals surface area contributed by atoms with Crippen LogP contribution in [0.4, 0.5) is 0 Å². The van der Waals surface area contributed by atoms with Crippen LogP contribution in [0.15, 0.2) is 72.8 Å². The Morgan fingerprint density at radius 1 is 0.871 bits per heavy atom. The number of benzene rings is 3. The van der Waals surface area contributed by atoms with E-state index >= 15 is 0 Å². The molecule has 0 aliphatic rings. The fourth-order valence-corrected chi connectivity index (χ4v) is 4.16. The lowest BCUT2D eigenvalue weighted by Crippen LogP contribution is -2.16. The second-order valence-electron chi connectivity index (χ2n) is 8.00. The van der Waals surface area contributed by atoms with Crippen molar-refractivity contribution in [3.8, 4) is 11.1 Å². The molecule has 3 heteroatoms. The van der Waals surface area contributed by atoms with Crippen LogP contribution in [0.1, 0.15) is 71.4 Å². The molecule has 1 unspecified atom stereocenters. The van der Waals surface area contributed by atoms with Crippen LogP contribution in [0.3, 0.4) is 0 Å². The molecule has 0 saturated heterocycles. The Hall–Kier alpha value is -3.20. The maximum atomic E-state index is 13.2. The molecule has 3 aromatic carbocycles. The molecule has 0 fully saturated rings. The van der Waals surface area contributed by atoms with Gasteiger partial charge in [0.1, 0.15) is 0 Å². The molecule has 0 bridgehead atoms. The van der Waals surface area contributed by atoms with Crippen molar-refractivity contribution < 1.29 is 14.7 Å². The third-order valence-corrected chi connectivity index (χ3v) is 5.93. The first-order chi connectivity index (χ1) is 15.1. The van der Waals surface area contributed by atoms with E-state index in [1.807, 2.05) is 42.5 Å². The van der Waals surface area contributed by atoms with Crippen molar-refractivity contribution in [1.82, 2.24) is 0 Å². The topological polar surface area (TPSA) is 54.4 Å². The van der Waals surface area contributed by atoms with E-state index in [0.29, 0.717) is 17.9 Å². The van der Waals surface area contributed by atoms with Crippen molar-refractivity contribution in [3.05, 3.63) is 95.1 Å². The van der Waals surface area contributed by atoms with Gasteiger partial charge < -0.3 is 5.11 Å². The Morgan fingerprint density at radius 2 is 1.52 bits per heavy atom. The summed E-state index contributed by atoms with van der Waals surface area (Å²) in [5.74, 6) is -0.916. The van der Waals surface area contributed by atoms with Gasteiger partial charge in [0.05, 0.1) is 5.56 Å². The largest absolute Gasteiger partial charge is 0.478 e. The SMILES string of the molecule is CCCCC(CC)Cc1c(-c2ccccc2)ccc(C(=O)c2ccccc2)c1C(=O)O. The Balaban J connectivity index is 2.18. The molecule has 3 aromatic rings. The zero-order valence-electron chi connectivity index (χ0n) is 18.3. The second kappa shape index (κ2) is 10.7. The molecule has 0 radical (unpaired) electrons. The number of carboxylic acid groups (broad SMARTS) is 1. The number of carboxylic acids is 1. The van der Waals surface area contributed by atoms with Gasteiger partial charge >= 0.3 is 5.97 Å². The molecular weight excluding hydrogens is 384 g/mol. The van der Waals surface area contributed by atoms with Gasteiger partial charge in [-0.3, -0.25) is 4.79 Å². The summed E-state index contributed by atoms with van der Waals surface area (Å²) in [6, 6.07) is 22.3. The highest BCUT2D eigenvalue weighted by molar-refractivity contribution is 6.15. The predicted molar refractivity (Wildman–Crippen MR) is 126 cm³/mol. The smallest absolute Gasteiger partial charge is 0.336 e. The van der Waals surface area contributed by atoms with Crippen LogP contribution in [0.5, 0.6) is 0 Å². The minimum atomic E-state index is -1.04. The first-order valence-corrected chi connectivity index (χ1v) is 11.1. The van der Waals surface area contributed by atoms with Gasteiger partial charge in [0.25, 0.3) is 0 Å². The van der Waals surface area contributed by atoms with Gasteiger partial charge in [-0.15, -0.1) is 0 Å². The zero-order chi connectivity index (χ0) is 22.2. The summed E-state index contributed by atoms with van der Waals surface area (Å²) in [4.78, 5) is 25.7. The van der Waals surface area contributed by atoms with Gasteiger partial charge in [0.15, 0.2) is 5.78 Å². The first kappa shape index (κ1) is 22.5. The van der Waals surface area contributed by atoms with E-state index in [0.717, 1.165) is 42.4 Å². The van der Waals surface area contributed by atoms with Gasteiger partial charge in [0, 0.05) is 11.1 Å². The minimum Gasteiger partial charge on any atom is -0.478 e. The maximum Gasteiger partial charge on any atom is 0.336 e. The van der Waals surface area contributed by atoms with Crippen LogP contribution in [0.2, 0.25) is 0 Å². The van der Waals surface area contributed by atoms with Crippen molar-refractivity contribution in [2.24, 2.45) is 5.92 Å². The predicted octanol–water partition coefficient (Wildman–Crippen LogP) is 7.04. The summed E-state index contributed by atoms with van der Waals surface area (Å²) >= 11 is 0. The number of carbonyl (C=O) groups excluding carboxylic acids is 1. The number of hydrogen-bond acceptors (Lipinski definition) is 2. The molecule has 0 spiro atoms. The minimum absolute atomic E-state index is 0.144. The normalized spacial score (nSPS) is 11.8. The highest BCUT2D eigenvalue weighted by Gasteiger charge is 2.25. The van der Waals surface area contributed by atoms with Gasteiger partial charge in [0.2, 0.25) is 0 Å². The van der Waals surface area contributed by atoms with E-state index in [4.69, 9.17) is 0 Å². The Labute approximate surface area is 184 Å². The standard InChI is InChI=1S/C28H30O3/c1-3-5-12-20(4-2)19-25-23(21-13-8-6-9-14-21)17-18-24(26(25)28(30)31)27(29)22-15-10-7-11-16-22/h6-11,13-18,20H,3-5,12,19H2,1-2H3,(H,30,31). The van der Waals surface area contributed by atoms with Crippen LogP contribution in [0, 0.1) is 5.92 Å². The summed E-state index contributed by atoms with van der Waals surface area (Å²) < 4.78 is 0. The number of carbonyl (C=O) groups is 2. The lowest BCUT2D eigenvalue weighted by molar-refractivity contribution is 0.0691. The van der Waals surface area contributed by atoms with E-state index in [9.17, 15) is 14.7 Å². The highest BCUT2D eigenvalue weighted by Crippen LogP contribution is 2.33. The zero-order valence-corrected chi connectivity index (χ0v) is 18.3. The van der Waals surface area contributed by atoms with Crippen molar-refractivity contribution in [2.75, 3.05) is 0 Å². The monoisotopic (exact) mass is 414 g/mol. The molecule has 3 rings (SSSR count). The van der Waals surface area contributed by atoms with Crippen LogP contribution < -0.4 is 0 Å². The number of ketones is 1. The fourth-order valence-electron chi connectivity index (χ4n) is 4.16. The van der Waals surface area contributed by atoms with Crippen molar-refractivity contribution in [2.45, 2.75) is 46.0 Å². The third-order valence-electron chi connectivity index (χ3n) is 5.93. The van der Waals surface area contributed by atoms with Gasteiger partial charge in [-0.1, -0.05) is 106 Å². The number of unbranched alkanes of at least 4 members (excludes halogenated alkanes) is 1. The quantitative estimate of drug-likeness (QED) is 0.362. The summed E-state index contributed by atoms with van der Waals surface area (Å²) in [5.41, 5.74) is 3.55. The van der Waals surface area contributed by atoms with E-state index in [-0.39, 0.29) is 16.9 Å². The third kappa shape index (κ3) is 5.29. The van der Waals surface area contributed by atoms with Crippen molar-refractivity contribution >= 4 is 11.8 Å². The average Bonchev–Trinajstić information content (AvgIpc) is 2.81. The molecule has 3 nitrogen and oxygen atoms in total. The maximum absolute atomic E-state index is 13.2. The highest BCUT2D eigenvalue weighted by atomic mass is 16.4. The molecule has 1 N–H and O–H groups in total. The Morgan fingerprint density at radius 3 is 2.10 bits per heavy atom. The summed E-state index contributed by atoms with van der Waals surface area (Å²) in [6.45, 7) is 4.33. The van der Waals surface area contributed by atoms with E-state index in [1.54, 1.807) is 30.3 Å². The first-order valence-electron chi connectivity index (χ1n) is 11.1. The lowest BCUT2D eigenvalue weighted by atomic mass is 9.82. The number of rotatable bonds is 10. The van der Waals surface area contributed by atoms with Crippen molar-refractivity contribution in [3.63, 3.8) is 0 Å². The molecule has 0 aliphatic carbocycles. The van der Waals surface area contributed by atoms with Gasteiger partial charge in [-0.05, 0) is 35.1 Å². The fraction of sp³-hybridized carbons (Fsp3) is 0.286. The summed E-state index contributed by atoms with van der Waals surface area (Å²) in [7, 11) is 0. The second-order valence-corrected chi connectivity index (χ2v) is 8.00. The molecule has 0 saturated carbocycles. The van der Waals surface area contributed by atoms with Crippen LogP contribution >= 0.6 is 0 Å². The summed E-state index contributed by atoms with van der Waals surface area (Å²) in [6.07, 6.45) is 4.91. The van der Waals surface area contributed by atoms with Crippen molar-refractivity contribution in [1.29, 1.82) is 0 Å². The molecule has 31 heavy (non-hydrogen) atoms. The average molecular weight is 415 g/mol. The molecule has 0 aliphatic heterocycles. The van der Waals surface area contributed by atoms with Crippen LogP contribution in [-0.4, -0.2) is 16.9 Å². The molecule has 0 aromatic heterocycles. The number of aromatic carboxylic acids is 1. The van der Waals surface area contributed by atoms with E-state index in [1.165, 1.54) is 0 Å². The van der Waals surface area contributed by atoms with Gasteiger partial charge in [-0.2, -0.15) is 0 Å². The summed E-state index contributed by atoms with van der Waals surface area (Å²) in [5, 5.41) is 10.2. The lowest BCUT2D eigenvalue weighted by Gasteiger charge is -2.21. The molecule has 0 heterocycles. The molecule has 1 atom stereocenters. The Kier molecular flexibility index (Phi) is 7.77. The van der Waals surface area contributed by atoms with E-state index < -0.39 is 5.97 Å². The van der Waals surface area contributed by atoms with E-state index in [2.05, 4.69) is 13.8 Å². The Bertz CT molecular complexity index is 1020. The molecule has 0 amide bonds. The van der Waals surface area contributed by atoms with Gasteiger partial charge in [-0.25, -0.2) is 4.79 Å².